The number of carbonyl (C=O) groups is 1. The first kappa shape index (κ1) is 22.6. The number of aryl methyl sites for hydroxylation is 1. The van der Waals surface area contributed by atoms with Gasteiger partial charge in [0.2, 0.25) is 15.9 Å². The van der Waals surface area contributed by atoms with E-state index in [2.05, 4.69) is 6.07 Å². The fourth-order valence-corrected chi connectivity index (χ4v) is 6.85. The monoisotopic (exact) mass is 481 g/mol. The predicted octanol–water partition coefficient (Wildman–Crippen LogP) is 3.67. The number of benzene rings is 2. The Morgan fingerprint density at radius 1 is 0.935 bits per heavy atom. The van der Waals surface area contributed by atoms with Gasteiger partial charge >= 0.3 is 0 Å². The number of amides is 1. The molecule has 2 aromatic carbocycles. The molecule has 1 unspecified atom stereocenters. The molecule has 0 bridgehead atoms. The second-order valence-electron chi connectivity index (χ2n) is 7.89. The van der Waals surface area contributed by atoms with E-state index >= 15 is 0 Å². The van der Waals surface area contributed by atoms with Gasteiger partial charge in [0.15, 0.2) is 0 Å². The minimum atomic E-state index is -3.81. The number of hydrogen-bond donors (Lipinski definition) is 0. The number of anilines is 1. The maximum absolute atomic E-state index is 13.3. The van der Waals surface area contributed by atoms with Crippen LogP contribution >= 0.6 is 23.2 Å². The Morgan fingerprint density at radius 2 is 1.58 bits per heavy atom. The molecule has 0 N–H and O–H groups in total. The molecule has 2 aliphatic rings. The molecule has 1 atom stereocenters. The van der Waals surface area contributed by atoms with Gasteiger partial charge in [0, 0.05) is 38.4 Å². The first-order chi connectivity index (χ1) is 14.8. The molecule has 0 aromatic heterocycles. The molecule has 31 heavy (non-hydrogen) atoms. The number of hydrogen-bond acceptors (Lipinski definition) is 4. The van der Waals surface area contributed by atoms with Crippen molar-refractivity contribution in [2.45, 2.75) is 30.7 Å². The number of fused-ring (bicyclic) bond motifs is 1. The van der Waals surface area contributed by atoms with Crippen LogP contribution in [0.3, 0.4) is 0 Å². The Bertz CT molecular complexity index is 1060. The smallest absolute Gasteiger partial charge is 0.246 e. The van der Waals surface area contributed by atoms with E-state index in [9.17, 15) is 13.2 Å². The number of carbonyl (C=O) groups excluding carboxylic acids is 1. The van der Waals surface area contributed by atoms with Crippen molar-refractivity contribution in [3.8, 4) is 0 Å². The van der Waals surface area contributed by atoms with Crippen molar-refractivity contribution in [3.63, 3.8) is 0 Å². The molecule has 2 aromatic rings. The summed E-state index contributed by atoms with van der Waals surface area (Å²) < 4.78 is 27.6. The number of halogens is 2. The Labute approximate surface area is 193 Å². The SMILES string of the molecule is CC(C(=O)N1CCCc2ccccc21)N1CCN(S(=O)(=O)c2c(Cl)cccc2Cl)CC1. The van der Waals surface area contributed by atoms with Crippen molar-refractivity contribution in [1.82, 2.24) is 9.21 Å². The second kappa shape index (κ2) is 9.08. The highest BCUT2D eigenvalue weighted by Crippen LogP contribution is 2.32. The van der Waals surface area contributed by atoms with Crippen LogP contribution in [0.5, 0.6) is 0 Å². The second-order valence-corrected chi connectivity index (χ2v) is 10.6. The van der Waals surface area contributed by atoms with Gasteiger partial charge in [0.1, 0.15) is 4.90 Å². The van der Waals surface area contributed by atoms with Crippen LogP contribution in [-0.4, -0.2) is 62.3 Å². The normalized spacial score (nSPS) is 19.1. The molecular weight excluding hydrogens is 457 g/mol. The largest absolute Gasteiger partial charge is 0.311 e. The summed E-state index contributed by atoms with van der Waals surface area (Å²) in [6.07, 6.45) is 1.93. The Kier molecular flexibility index (Phi) is 6.60. The van der Waals surface area contributed by atoms with Gasteiger partial charge in [0.25, 0.3) is 0 Å². The maximum Gasteiger partial charge on any atom is 0.246 e. The van der Waals surface area contributed by atoms with Gasteiger partial charge in [-0.3, -0.25) is 9.69 Å². The van der Waals surface area contributed by atoms with E-state index in [0.717, 1.165) is 18.5 Å². The summed E-state index contributed by atoms with van der Waals surface area (Å²) >= 11 is 12.3. The minimum Gasteiger partial charge on any atom is -0.311 e. The van der Waals surface area contributed by atoms with Crippen molar-refractivity contribution in [2.24, 2.45) is 0 Å². The van der Waals surface area contributed by atoms with Crippen LogP contribution in [0.4, 0.5) is 5.69 Å². The van der Waals surface area contributed by atoms with E-state index in [1.165, 1.54) is 22.0 Å². The third-order valence-corrected chi connectivity index (χ3v) is 8.93. The summed E-state index contributed by atoms with van der Waals surface area (Å²) in [5, 5.41) is 0.226. The Morgan fingerprint density at radius 3 is 2.26 bits per heavy atom. The van der Waals surface area contributed by atoms with Crippen molar-refractivity contribution in [2.75, 3.05) is 37.6 Å². The summed E-state index contributed by atoms with van der Waals surface area (Å²) in [4.78, 5) is 17.1. The highest BCUT2D eigenvalue weighted by Gasteiger charge is 2.35. The van der Waals surface area contributed by atoms with Crippen LogP contribution in [0.25, 0.3) is 0 Å². The first-order valence-electron chi connectivity index (χ1n) is 10.4. The standard InChI is InChI=1S/C22H25Cl2N3O3S/c1-16(22(28)27-11-5-7-17-6-2-3-10-20(17)27)25-12-14-26(15-13-25)31(29,30)21-18(23)8-4-9-19(21)24/h2-4,6,8-10,16H,5,7,11-15H2,1H3. The van der Waals surface area contributed by atoms with Crippen molar-refractivity contribution >= 4 is 44.8 Å². The van der Waals surface area contributed by atoms with Gasteiger partial charge in [0.05, 0.1) is 16.1 Å². The molecule has 1 amide bonds. The average Bonchev–Trinajstić information content (AvgIpc) is 2.77. The summed E-state index contributed by atoms with van der Waals surface area (Å²) in [5.41, 5.74) is 2.18. The lowest BCUT2D eigenvalue weighted by Gasteiger charge is -2.39. The zero-order valence-electron chi connectivity index (χ0n) is 17.3. The third kappa shape index (κ3) is 4.34. The van der Waals surface area contributed by atoms with E-state index in [0.29, 0.717) is 19.6 Å². The minimum absolute atomic E-state index is 0.0533. The molecule has 4 rings (SSSR count). The summed E-state index contributed by atoms with van der Waals surface area (Å²) in [5.74, 6) is 0.0533. The zero-order chi connectivity index (χ0) is 22.2. The summed E-state index contributed by atoms with van der Waals surface area (Å²) in [7, 11) is -3.81. The lowest BCUT2D eigenvalue weighted by atomic mass is 10.0. The topological polar surface area (TPSA) is 60.9 Å². The maximum atomic E-state index is 13.3. The number of para-hydroxylation sites is 1. The molecule has 2 heterocycles. The molecule has 0 aliphatic carbocycles. The average molecular weight is 482 g/mol. The molecule has 166 valence electrons. The number of rotatable bonds is 4. The molecule has 2 aliphatic heterocycles. The van der Waals surface area contributed by atoms with Crippen LogP contribution in [0.2, 0.25) is 10.0 Å². The molecule has 6 nitrogen and oxygen atoms in total. The lowest BCUT2D eigenvalue weighted by molar-refractivity contribution is -0.123. The number of sulfonamides is 1. The van der Waals surface area contributed by atoms with Crippen LogP contribution < -0.4 is 4.90 Å². The fraction of sp³-hybridized carbons (Fsp3) is 0.409. The van der Waals surface area contributed by atoms with Crippen LogP contribution in [-0.2, 0) is 21.2 Å². The molecule has 0 radical (unpaired) electrons. The van der Waals surface area contributed by atoms with E-state index in [-0.39, 0.29) is 40.0 Å². The number of nitrogens with zero attached hydrogens (tertiary/aromatic N) is 3. The molecule has 0 spiro atoms. The highest BCUT2D eigenvalue weighted by atomic mass is 35.5. The van der Waals surface area contributed by atoms with Gasteiger partial charge in [-0.25, -0.2) is 8.42 Å². The first-order valence-corrected chi connectivity index (χ1v) is 12.6. The van der Waals surface area contributed by atoms with E-state index in [1.54, 1.807) is 6.07 Å². The zero-order valence-corrected chi connectivity index (χ0v) is 19.6. The van der Waals surface area contributed by atoms with Crippen molar-refractivity contribution in [1.29, 1.82) is 0 Å². The molecular formula is C22H25Cl2N3O3S. The van der Waals surface area contributed by atoms with Crippen LogP contribution in [0.15, 0.2) is 47.4 Å². The summed E-state index contributed by atoms with van der Waals surface area (Å²) in [6.45, 7) is 4.08. The predicted molar refractivity (Wildman–Crippen MR) is 123 cm³/mol. The van der Waals surface area contributed by atoms with Crippen molar-refractivity contribution in [3.05, 3.63) is 58.1 Å². The quantitative estimate of drug-likeness (QED) is 0.668. The van der Waals surface area contributed by atoms with Gasteiger partial charge in [-0.05, 0) is 43.5 Å². The molecule has 1 saturated heterocycles. The van der Waals surface area contributed by atoms with Crippen LogP contribution in [0, 0.1) is 0 Å². The van der Waals surface area contributed by atoms with Crippen LogP contribution in [0.1, 0.15) is 18.9 Å². The lowest BCUT2D eigenvalue weighted by Crippen LogP contribution is -2.56. The summed E-state index contributed by atoms with van der Waals surface area (Å²) in [6, 6.07) is 12.4. The van der Waals surface area contributed by atoms with Gasteiger partial charge in [-0.2, -0.15) is 4.31 Å². The Balaban J connectivity index is 1.45. The van der Waals surface area contributed by atoms with Crippen molar-refractivity contribution < 1.29 is 13.2 Å². The Hall–Kier alpha value is -1.64. The van der Waals surface area contributed by atoms with E-state index in [1.807, 2.05) is 34.9 Å². The van der Waals surface area contributed by atoms with E-state index in [4.69, 9.17) is 23.2 Å². The molecule has 1 fully saturated rings. The van der Waals surface area contributed by atoms with Gasteiger partial charge in [-0.1, -0.05) is 47.5 Å². The fourth-order valence-electron chi connectivity index (χ4n) is 4.33. The van der Waals surface area contributed by atoms with Gasteiger partial charge in [-0.15, -0.1) is 0 Å². The van der Waals surface area contributed by atoms with Gasteiger partial charge < -0.3 is 4.90 Å². The third-order valence-electron chi connectivity index (χ3n) is 6.07. The molecule has 0 saturated carbocycles. The molecule has 9 heteroatoms. The highest BCUT2D eigenvalue weighted by molar-refractivity contribution is 7.89. The number of piperazine rings is 1. The van der Waals surface area contributed by atoms with E-state index < -0.39 is 10.0 Å².